The van der Waals surface area contributed by atoms with E-state index in [0.29, 0.717) is 27.1 Å². The molecule has 0 bridgehead atoms. The molecule has 1 atom stereocenters. The van der Waals surface area contributed by atoms with Crippen LogP contribution in [0.4, 0.5) is 0 Å². The fourth-order valence-corrected chi connectivity index (χ4v) is 3.49. The molecule has 0 radical (unpaired) electrons. The Morgan fingerprint density at radius 2 is 2.04 bits per heavy atom. The number of esters is 2. The number of nitrogens with zero attached hydrogens (tertiary/aromatic N) is 2. The van der Waals surface area contributed by atoms with Crippen LogP contribution in [0, 0.1) is 6.92 Å². The number of thiophene rings is 1. The van der Waals surface area contributed by atoms with Crippen molar-refractivity contribution in [2.75, 3.05) is 7.11 Å². The van der Waals surface area contributed by atoms with Crippen LogP contribution in [0.2, 0.25) is 0 Å². The van der Waals surface area contributed by atoms with Gasteiger partial charge in [-0.15, -0.1) is 11.3 Å². The Bertz CT molecular complexity index is 837. The fourth-order valence-electron chi connectivity index (χ4n) is 2.43. The SMILES string of the molecule is CC[C@H](C(=O)OC(C)C)n1cnc2sc(C(=O)OC)c(C)c2c1=O. The maximum atomic E-state index is 12.8. The van der Waals surface area contributed by atoms with Crippen LogP contribution in [-0.4, -0.2) is 34.7 Å². The van der Waals surface area contributed by atoms with Crippen LogP contribution >= 0.6 is 11.3 Å². The molecular formula is C16H20N2O5S. The molecular weight excluding hydrogens is 332 g/mol. The van der Waals surface area contributed by atoms with Gasteiger partial charge in [-0.1, -0.05) is 6.92 Å². The molecule has 0 aliphatic heterocycles. The molecule has 2 aromatic rings. The van der Waals surface area contributed by atoms with Crippen LogP contribution in [-0.2, 0) is 14.3 Å². The van der Waals surface area contributed by atoms with Gasteiger partial charge in [0, 0.05) is 0 Å². The lowest BCUT2D eigenvalue weighted by Gasteiger charge is -2.18. The van der Waals surface area contributed by atoms with Crippen molar-refractivity contribution in [2.45, 2.75) is 46.3 Å². The highest BCUT2D eigenvalue weighted by Gasteiger charge is 2.26. The first kappa shape index (κ1) is 18.1. The van der Waals surface area contributed by atoms with E-state index in [1.54, 1.807) is 27.7 Å². The fraction of sp³-hybridized carbons (Fsp3) is 0.500. The number of carbonyl (C=O) groups is 2. The minimum atomic E-state index is -0.752. The molecule has 0 saturated heterocycles. The van der Waals surface area contributed by atoms with Gasteiger partial charge in [0.1, 0.15) is 15.7 Å². The number of ether oxygens (including phenoxy) is 2. The zero-order chi connectivity index (χ0) is 18.0. The summed E-state index contributed by atoms with van der Waals surface area (Å²) in [4.78, 5) is 41.9. The van der Waals surface area contributed by atoms with Gasteiger partial charge in [0.15, 0.2) is 0 Å². The number of hydrogen-bond donors (Lipinski definition) is 0. The van der Waals surface area contributed by atoms with Crippen molar-refractivity contribution in [3.63, 3.8) is 0 Å². The average molecular weight is 352 g/mol. The predicted molar refractivity (Wildman–Crippen MR) is 90.5 cm³/mol. The second kappa shape index (κ2) is 7.12. The van der Waals surface area contributed by atoms with Crippen molar-refractivity contribution in [3.05, 3.63) is 27.1 Å². The van der Waals surface area contributed by atoms with E-state index in [-0.39, 0.29) is 11.7 Å². The van der Waals surface area contributed by atoms with Gasteiger partial charge in [-0.25, -0.2) is 14.6 Å². The second-order valence-electron chi connectivity index (χ2n) is 5.59. The number of methoxy groups -OCH3 is 1. The van der Waals surface area contributed by atoms with Gasteiger partial charge in [0.25, 0.3) is 5.56 Å². The predicted octanol–water partition coefficient (Wildman–Crippen LogP) is 2.46. The molecule has 24 heavy (non-hydrogen) atoms. The average Bonchev–Trinajstić information content (AvgIpc) is 2.86. The molecule has 0 amide bonds. The van der Waals surface area contributed by atoms with Crippen LogP contribution < -0.4 is 5.56 Å². The molecule has 0 aliphatic carbocycles. The summed E-state index contributed by atoms with van der Waals surface area (Å²) >= 11 is 1.10. The van der Waals surface area contributed by atoms with E-state index in [1.807, 2.05) is 0 Å². The van der Waals surface area contributed by atoms with Gasteiger partial charge in [-0.2, -0.15) is 0 Å². The maximum Gasteiger partial charge on any atom is 0.348 e. The van der Waals surface area contributed by atoms with E-state index in [9.17, 15) is 14.4 Å². The van der Waals surface area contributed by atoms with Gasteiger partial charge in [-0.05, 0) is 32.8 Å². The van der Waals surface area contributed by atoms with Crippen LogP contribution in [0.3, 0.4) is 0 Å². The molecule has 2 rings (SSSR count). The van der Waals surface area contributed by atoms with Gasteiger partial charge >= 0.3 is 11.9 Å². The molecule has 2 heterocycles. The largest absolute Gasteiger partial charge is 0.465 e. The summed E-state index contributed by atoms with van der Waals surface area (Å²) in [7, 11) is 1.28. The first-order chi connectivity index (χ1) is 11.3. The van der Waals surface area contributed by atoms with Crippen molar-refractivity contribution in [1.82, 2.24) is 9.55 Å². The van der Waals surface area contributed by atoms with Crippen molar-refractivity contribution >= 4 is 33.5 Å². The van der Waals surface area contributed by atoms with Gasteiger partial charge in [0.2, 0.25) is 0 Å². The standard InChI is InChI=1S/C16H20N2O5S/c1-6-10(15(20)23-8(2)3)18-7-17-13-11(14(18)19)9(4)12(24-13)16(21)22-5/h7-8,10H,6H2,1-5H3/t10-/m1/s1. The van der Waals surface area contributed by atoms with E-state index in [4.69, 9.17) is 9.47 Å². The second-order valence-corrected chi connectivity index (χ2v) is 6.59. The smallest absolute Gasteiger partial charge is 0.348 e. The first-order valence-electron chi connectivity index (χ1n) is 7.60. The molecule has 0 unspecified atom stereocenters. The molecule has 8 heteroatoms. The highest BCUT2D eigenvalue weighted by Crippen LogP contribution is 2.28. The molecule has 0 aliphatic rings. The molecule has 0 saturated carbocycles. The topological polar surface area (TPSA) is 87.5 Å². The monoisotopic (exact) mass is 352 g/mol. The highest BCUT2D eigenvalue weighted by atomic mass is 32.1. The lowest BCUT2D eigenvalue weighted by atomic mass is 10.2. The molecule has 0 fully saturated rings. The van der Waals surface area contributed by atoms with Gasteiger partial charge in [0.05, 0.1) is 24.9 Å². The van der Waals surface area contributed by atoms with Crippen molar-refractivity contribution in [3.8, 4) is 0 Å². The Labute approximate surface area is 143 Å². The minimum absolute atomic E-state index is 0.271. The molecule has 0 N–H and O–H groups in total. The number of aromatic nitrogens is 2. The zero-order valence-electron chi connectivity index (χ0n) is 14.3. The third kappa shape index (κ3) is 3.19. The summed E-state index contributed by atoms with van der Waals surface area (Å²) in [6.45, 7) is 6.97. The summed E-state index contributed by atoms with van der Waals surface area (Å²) < 4.78 is 11.2. The first-order valence-corrected chi connectivity index (χ1v) is 8.42. The van der Waals surface area contributed by atoms with E-state index in [0.717, 1.165) is 11.3 Å². The minimum Gasteiger partial charge on any atom is -0.465 e. The van der Waals surface area contributed by atoms with Gasteiger partial charge < -0.3 is 9.47 Å². The van der Waals surface area contributed by atoms with Crippen molar-refractivity contribution in [2.24, 2.45) is 0 Å². The third-order valence-corrected chi connectivity index (χ3v) is 4.77. The Hall–Kier alpha value is -2.22. The summed E-state index contributed by atoms with van der Waals surface area (Å²) in [6, 6.07) is -0.752. The van der Waals surface area contributed by atoms with Crippen molar-refractivity contribution < 1.29 is 19.1 Å². The van der Waals surface area contributed by atoms with E-state index >= 15 is 0 Å². The lowest BCUT2D eigenvalue weighted by molar-refractivity contribution is -0.151. The maximum absolute atomic E-state index is 12.8. The van der Waals surface area contributed by atoms with E-state index in [1.165, 1.54) is 18.0 Å². The van der Waals surface area contributed by atoms with E-state index in [2.05, 4.69) is 4.98 Å². The van der Waals surface area contributed by atoms with Crippen LogP contribution in [0.15, 0.2) is 11.1 Å². The summed E-state index contributed by atoms with van der Waals surface area (Å²) in [5, 5.41) is 0.332. The molecule has 7 nitrogen and oxygen atoms in total. The number of carbonyl (C=O) groups excluding carboxylic acids is 2. The highest BCUT2D eigenvalue weighted by molar-refractivity contribution is 7.20. The Morgan fingerprint density at radius 1 is 1.38 bits per heavy atom. The zero-order valence-corrected chi connectivity index (χ0v) is 15.1. The van der Waals surface area contributed by atoms with Gasteiger partial charge in [-0.3, -0.25) is 9.36 Å². The van der Waals surface area contributed by atoms with Crippen molar-refractivity contribution in [1.29, 1.82) is 0 Å². The Kier molecular flexibility index (Phi) is 5.38. The molecule has 130 valence electrons. The quantitative estimate of drug-likeness (QED) is 0.768. The lowest BCUT2D eigenvalue weighted by Crippen LogP contribution is -2.32. The Balaban J connectivity index is 2.59. The number of rotatable bonds is 5. The number of hydrogen-bond acceptors (Lipinski definition) is 7. The summed E-state index contributed by atoms with van der Waals surface area (Å²) in [6.07, 6.45) is 1.45. The Morgan fingerprint density at radius 3 is 2.58 bits per heavy atom. The molecule has 0 aromatic carbocycles. The number of aryl methyl sites for hydroxylation is 1. The summed E-state index contributed by atoms with van der Waals surface area (Å²) in [5.74, 6) is -0.982. The van der Waals surface area contributed by atoms with Crippen LogP contribution in [0.1, 0.15) is 48.5 Å². The van der Waals surface area contributed by atoms with E-state index < -0.39 is 18.0 Å². The third-order valence-electron chi connectivity index (χ3n) is 3.59. The summed E-state index contributed by atoms with van der Waals surface area (Å²) in [5.41, 5.74) is 0.150. The normalized spacial score (nSPS) is 12.4. The molecule has 2 aromatic heterocycles. The number of fused-ring (bicyclic) bond motifs is 1. The van der Waals surface area contributed by atoms with Crippen LogP contribution in [0.5, 0.6) is 0 Å². The molecule has 0 spiro atoms. The van der Waals surface area contributed by atoms with Crippen LogP contribution in [0.25, 0.3) is 10.2 Å².